The standard InChI is InChI=1S/C19H15BrN4O3S/c1-11-6-8-12(9-7-11)24-18(27)14(16(25)22-19(24)28)10-21-23-17(26)13-4-2-3-5-15(13)20/h2-10,14H,1H3,(H,23,26)(H,22,25,28)/b21-10+/t14-/m1/s1. The second kappa shape index (κ2) is 8.41. The van der Waals surface area contributed by atoms with Crippen LogP contribution >= 0.6 is 28.1 Å². The molecule has 0 spiro atoms. The SMILES string of the molecule is Cc1ccc(N2C(=O)[C@H](/C=N/NC(=O)c3ccccc3Br)C(=O)NC2=S)cc1. The minimum absolute atomic E-state index is 0.000699. The van der Waals surface area contributed by atoms with Gasteiger partial charge in [-0.2, -0.15) is 5.10 Å². The molecule has 0 bridgehead atoms. The maximum absolute atomic E-state index is 12.8. The number of thiocarbonyl (C=S) groups is 1. The van der Waals surface area contributed by atoms with Crippen LogP contribution in [0.2, 0.25) is 0 Å². The molecule has 3 rings (SSSR count). The van der Waals surface area contributed by atoms with E-state index >= 15 is 0 Å². The van der Waals surface area contributed by atoms with Crippen molar-refractivity contribution < 1.29 is 14.4 Å². The zero-order valence-corrected chi connectivity index (χ0v) is 17.1. The van der Waals surface area contributed by atoms with E-state index in [0.717, 1.165) is 11.8 Å². The average Bonchev–Trinajstić information content (AvgIpc) is 2.66. The van der Waals surface area contributed by atoms with E-state index in [4.69, 9.17) is 12.2 Å². The van der Waals surface area contributed by atoms with Crippen LogP contribution in [0.15, 0.2) is 58.1 Å². The lowest BCUT2D eigenvalue weighted by Gasteiger charge is -2.30. The van der Waals surface area contributed by atoms with Crippen LogP contribution in [-0.4, -0.2) is 29.0 Å². The molecule has 1 heterocycles. The molecule has 9 heteroatoms. The zero-order valence-electron chi connectivity index (χ0n) is 14.7. The van der Waals surface area contributed by atoms with E-state index < -0.39 is 23.6 Å². The van der Waals surface area contributed by atoms with E-state index in [2.05, 4.69) is 31.8 Å². The number of halogens is 1. The molecule has 0 aromatic heterocycles. The number of anilines is 1. The first-order valence-corrected chi connectivity index (χ1v) is 9.42. The maximum Gasteiger partial charge on any atom is 0.272 e. The van der Waals surface area contributed by atoms with E-state index in [1.165, 1.54) is 4.90 Å². The minimum Gasteiger partial charge on any atom is -0.301 e. The van der Waals surface area contributed by atoms with Gasteiger partial charge in [-0.15, -0.1) is 0 Å². The number of aryl methyl sites for hydroxylation is 1. The van der Waals surface area contributed by atoms with Crippen molar-refractivity contribution in [3.8, 4) is 0 Å². The van der Waals surface area contributed by atoms with Crippen LogP contribution in [0.4, 0.5) is 5.69 Å². The van der Waals surface area contributed by atoms with Gasteiger partial charge in [0.25, 0.3) is 11.8 Å². The van der Waals surface area contributed by atoms with E-state index in [1.54, 1.807) is 36.4 Å². The molecule has 2 aromatic rings. The van der Waals surface area contributed by atoms with Gasteiger partial charge in [0.1, 0.15) is 0 Å². The first-order valence-electron chi connectivity index (χ1n) is 8.22. The summed E-state index contributed by atoms with van der Waals surface area (Å²) < 4.78 is 0.602. The number of hydrogen-bond acceptors (Lipinski definition) is 5. The van der Waals surface area contributed by atoms with Crippen molar-refractivity contribution in [2.45, 2.75) is 6.92 Å². The Bertz CT molecular complexity index is 991. The number of rotatable bonds is 4. The molecular weight excluding hydrogens is 444 g/mol. The smallest absolute Gasteiger partial charge is 0.272 e. The lowest BCUT2D eigenvalue weighted by Crippen LogP contribution is -2.58. The van der Waals surface area contributed by atoms with Gasteiger partial charge < -0.3 is 5.32 Å². The number of hydrazone groups is 1. The first-order chi connectivity index (χ1) is 13.4. The molecule has 1 aliphatic rings. The average molecular weight is 459 g/mol. The summed E-state index contributed by atoms with van der Waals surface area (Å²) >= 11 is 8.41. The van der Waals surface area contributed by atoms with Crippen LogP contribution in [-0.2, 0) is 9.59 Å². The molecule has 1 aliphatic heterocycles. The minimum atomic E-state index is -1.22. The van der Waals surface area contributed by atoms with Gasteiger partial charge in [0, 0.05) is 10.7 Å². The fourth-order valence-electron chi connectivity index (χ4n) is 2.54. The van der Waals surface area contributed by atoms with Crippen LogP contribution in [0, 0.1) is 12.8 Å². The van der Waals surface area contributed by atoms with Gasteiger partial charge in [0.05, 0.1) is 11.3 Å². The summed E-state index contributed by atoms with van der Waals surface area (Å²) in [6.07, 6.45) is 1.09. The van der Waals surface area contributed by atoms with Crippen LogP contribution in [0.1, 0.15) is 15.9 Å². The lowest BCUT2D eigenvalue weighted by molar-refractivity contribution is -0.130. The van der Waals surface area contributed by atoms with E-state index in [0.29, 0.717) is 15.7 Å². The van der Waals surface area contributed by atoms with Crippen molar-refractivity contribution >= 4 is 62.9 Å². The molecule has 2 N–H and O–H groups in total. The fourth-order valence-corrected chi connectivity index (χ4v) is 3.30. The van der Waals surface area contributed by atoms with Crippen LogP contribution < -0.4 is 15.6 Å². The van der Waals surface area contributed by atoms with Crippen molar-refractivity contribution in [3.05, 3.63) is 64.1 Å². The number of nitrogens with zero attached hydrogens (tertiary/aromatic N) is 2. The van der Waals surface area contributed by atoms with Crippen molar-refractivity contribution in [2.75, 3.05) is 4.90 Å². The molecule has 0 unspecified atom stereocenters. The summed E-state index contributed by atoms with van der Waals surface area (Å²) in [5, 5.41) is 6.27. The Balaban J connectivity index is 1.76. The van der Waals surface area contributed by atoms with Gasteiger partial charge in [-0.25, -0.2) is 5.43 Å². The van der Waals surface area contributed by atoms with Gasteiger partial charge in [0.2, 0.25) is 5.91 Å². The van der Waals surface area contributed by atoms with E-state index in [-0.39, 0.29) is 5.11 Å². The third-order valence-electron chi connectivity index (χ3n) is 4.00. The Morgan fingerprint density at radius 1 is 1.21 bits per heavy atom. The summed E-state index contributed by atoms with van der Waals surface area (Å²) in [6.45, 7) is 1.92. The molecule has 1 fully saturated rings. The monoisotopic (exact) mass is 458 g/mol. The van der Waals surface area contributed by atoms with Gasteiger partial charge in [0.15, 0.2) is 11.0 Å². The highest BCUT2D eigenvalue weighted by Crippen LogP contribution is 2.21. The number of benzene rings is 2. The highest BCUT2D eigenvalue weighted by atomic mass is 79.9. The topological polar surface area (TPSA) is 90.9 Å². The van der Waals surface area contributed by atoms with E-state index in [1.807, 2.05) is 19.1 Å². The van der Waals surface area contributed by atoms with Crippen LogP contribution in [0.3, 0.4) is 0 Å². The predicted octanol–water partition coefficient (Wildman–Crippen LogP) is 2.54. The van der Waals surface area contributed by atoms with Gasteiger partial charge >= 0.3 is 0 Å². The summed E-state index contributed by atoms with van der Waals surface area (Å²) in [5.74, 6) is -2.83. The molecule has 1 atom stereocenters. The molecular formula is C19H15BrN4O3S. The fraction of sp³-hybridized carbons (Fsp3) is 0.105. The van der Waals surface area contributed by atoms with Crippen molar-refractivity contribution in [1.29, 1.82) is 0 Å². The van der Waals surface area contributed by atoms with Crippen molar-refractivity contribution in [3.63, 3.8) is 0 Å². The maximum atomic E-state index is 12.8. The Morgan fingerprint density at radius 3 is 2.57 bits per heavy atom. The third-order valence-corrected chi connectivity index (χ3v) is 4.98. The highest BCUT2D eigenvalue weighted by molar-refractivity contribution is 9.10. The Morgan fingerprint density at radius 2 is 1.89 bits per heavy atom. The lowest BCUT2D eigenvalue weighted by atomic mass is 10.1. The number of amides is 3. The second-order valence-corrected chi connectivity index (χ2v) is 7.22. The number of carbonyl (C=O) groups is 3. The quantitative estimate of drug-likeness (QED) is 0.318. The number of carbonyl (C=O) groups excluding carboxylic acids is 3. The first kappa shape index (κ1) is 19.8. The van der Waals surface area contributed by atoms with E-state index in [9.17, 15) is 14.4 Å². The molecule has 1 saturated heterocycles. The molecule has 2 aromatic carbocycles. The van der Waals surface area contributed by atoms with Gasteiger partial charge in [-0.1, -0.05) is 29.8 Å². The predicted molar refractivity (Wildman–Crippen MR) is 113 cm³/mol. The molecule has 0 saturated carbocycles. The van der Waals surface area contributed by atoms with Gasteiger partial charge in [-0.05, 0) is 59.3 Å². The molecule has 7 nitrogen and oxygen atoms in total. The zero-order chi connectivity index (χ0) is 20.3. The molecule has 0 aliphatic carbocycles. The van der Waals surface area contributed by atoms with Gasteiger partial charge in [-0.3, -0.25) is 19.3 Å². The molecule has 142 valence electrons. The van der Waals surface area contributed by atoms with Crippen LogP contribution in [0.5, 0.6) is 0 Å². The largest absolute Gasteiger partial charge is 0.301 e. The summed E-state index contributed by atoms with van der Waals surface area (Å²) in [5.41, 5.74) is 4.26. The number of nitrogens with one attached hydrogen (secondary N) is 2. The Kier molecular flexibility index (Phi) is 5.96. The normalized spacial score (nSPS) is 17.0. The third kappa shape index (κ3) is 4.15. The molecule has 3 amide bonds. The Hall–Kier alpha value is -2.91. The highest BCUT2D eigenvalue weighted by Gasteiger charge is 2.38. The second-order valence-electron chi connectivity index (χ2n) is 5.98. The Labute approximate surface area is 174 Å². The van der Waals surface area contributed by atoms with Crippen molar-refractivity contribution in [1.82, 2.24) is 10.7 Å². The summed E-state index contributed by atoms with van der Waals surface area (Å²) in [6, 6.07) is 14.0. The number of hydrogen-bond donors (Lipinski definition) is 2. The molecule has 0 radical (unpaired) electrons. The van der Waals surface area contributed by atoms with Crippen molar-refractivity contribution in [2.24, 2.45) is 11.0 Å². The molecule has 28 heavy (non-hydrogen) atoms. The summed E-state index contributed by atoms with van der Waals surface area (Å²) in [7, 11) is 0. The van der Waals surface area contributed by atoms with Crippen LogP contribution in [0.25, 0.3) is 0 Å². The summed E-state index contributed by atoms with van der Waals surface area (Å²) in [4.78, 5) is 38.4.